The lowest BCUT2D eigenvalue weighted by atomic mass is 10.1. The standard InChI is InChI=1S/C22H23N3O6/c1-15(26)17-11-19-20(30-14-29-19)12-18(17)23-21(27)13-24-7-9-25(10-8-24)22(28)31-16-5-3-2-4-6-16/h2-6,11-12H,7-10,13-14H2,1H3,(H,23,27). The van der Waals surface area contributed by atoms with Crippen molar-refractivity contribution in [3.63, 3.8) is 0 Å². The Hall–Kier alpha value is -3.59. The van der Waals surface area contributed by atoms with E-state index >= 15 is 0 Å². The molecule has 0 saturated carbocycles. The van der Waals surface area contributed by atoms with Gasteiger partial charge in [0.15, 0.2) is 17.3 Å². The van der Waals surface area contributed by atoms with Crippen molar-refractivity contribution in [1.82, 2.24) is 9.80 Å². The van der Waals surface area contributed by atoms with Crippen LogP contribution >= 0.6 is 0 Å². The molecule has 2 aliphatic heterocycles. The molecule has 2 heterocycles. The third-order valence-electron chi connectivity index (χ3n) is 5.11. The zero-order valence-corrected chi connectivity index (χ0v) is 17.1. The van der Waals surface area contributed by atoms with Crippen molar-refractivity contribution in [3.05, 3.63) is 48.0 Å². The highest BCUT2D eigenvalue weighted by atomic mass is 16.7. The summed E-state index contributed by atoms with van der Waals surface area (Å²) in [6.07, 6.45) is -0.401. The Morgan fingerprint density at radius 1 is 1.00 bits per heavy atom. The number of carbonyl (C=O) groups is 3. The molecule has 1 saturated heterocycles. The van der Waals surface area contributed by atoms with E-state index in [0.717, 1.165) is 0 Å². The van der Waals surface area contributed by atoms with E-state index in [1.807, 2.05) is 11.0 Å². The molecular weight excluding hydrogens is 402 g/mol. The fraction of sp³-hybridized carbons (Fsp3) is 0.318. The highest BCUT2D eigenvalue weighted by molar-refractivity contribution is 6.05. The molecule has 0 aliphatic carbocycles. The molecular formula is C22H23N3O6. The molecule has 0 radical (unpaired) electrons. The molecule has 9 nitrogen and oxygen atoms in total. The van der Waals surface area contributed by atoms with Crippen LogP contribution < -0.4 is 19.5 Å². The van der Waals surface area contributed by atoms with Crippen LogP contribution in [0.5, 0.6) is 17.2 Å². The second kappa shape index (κ2) is 9.05. The third kappa shape index (κ3) is 4.95. The summed E-state index contributed by atoms with van der Waals surface area (Å²) in [5, 5.41) is 2.79. The van der Waals surface area contributed by atoms with Gasteiger partial charge in [-0.25, -0.2) is 4.79 Å². The molecule has 2 aliphatic rings. The van der Waals surface area contributed by atoms with Crippen LogP contribution in [-0.2, 0) is 4.79 Å². The second-order valence-electron chi connectivity index (χ2n) is 7.30. The lowest BCUT2D eigenvalue weighted by Crippen LogP contribution is -2.51. The fourth-order valence-electron chi connectivity index (χ4n) is 3.47. The summed E-state index contributed by atoms with van der Waals surface area (Å²) < 4.78 is 16.0. The molecule has 2 aromatic rings. The number of hydrogen-bond acceptors (Lipinski definition) is 7. The SMILES string of the molecule is CC(=O)c1cc2c(cc1NC(=O)CN1CCN(C(=O)Oc3ccccc3)CC1)OCO2. The van der Waals surface area contributed by atoms with E-state index in [2.05, 4.69) is 5.32 Å². The Balaban J connectivity index is 1.30. The quantitative estimate of drug-likeness (QED) is 0.735. The van der Waals surface area contributed by atoms with Crippen LogP contribution in [0.4, 0.5) is 10.5 Å². The van der Waals surface area contributed by atoms with Crippen molar-refractivity contribution < 1.29 is 28.6 Å². The number of ketones is 1. The normalized spacial score (nSPS) is 15.5. The number of piperazine rings is 1. The minimum Gasteiger partial charge on any atom is -0.454 e. The predicted octanol–water partition coefficient (Wildman–Crippen LogP) is 2.37. The first-order chi connectivity index (χ1) is 15.0. The van der Waals surface area contributed by atoms with Gasteiger partial charge in [-0.1, -0.05) is 18.2 Å². The molecule has 162 valence electrons. The molecule has 0 unspecified atom stereocenters. The molecule has 4 rings (SSSR count). The van der Waals surface area contributed by atoms with Gasteiger partial charge in [0.05, 0.1) is 12.2 Å². The fourth-order valence-corrected chi connectivity index (χ4v) is 3.47. The number of rotatable bonds is 5. The minimum atomic E-state index is -0.401. The van der Waals surface area contributed by atoms with E-state index < -0.39 is 6.09 Å². The first-order valence-corrected chi connectivity index (χ1v) is 9.98. The van der Waals surface area contributed by atoms with Gasteiger partial charge in [0.1, 0.15) is 5.75 Å². The summed E-state index contributed by atoms with van der Waals surface area (Å²) in [6.45, 7) is 3.66. The van der Waals surface area contributed by atoms with Gasteiger partial charge in [-0.05, 0) is 25.1 Å². The highest BCUT2D eigenvalue weighted by Gasteiger charge is 2.25. The molecule has 0 bridgehead atoms. The molecule has 1 fully saturated rings. The number of ether oxygens (including phenoxy) is 3. The lowest BCUT2D eigenvalue weighted by molar-refractivity contribution is -0.117. The second-order valence-corrected chi connectivity index (χ2v) is 7.30. The van der Waals surface area contributed by atoms with Gasteiger partial charge in [0.25, 0.3) is 0 Å². The number of benzene rings is 2. The third-order valence-corrected chi connectivity index (χ3v) is 5.11. The number of nitrogens with zero attached hydrogens (tertiary/aromatic N) is 2. The minimum absolute atomic E-state index is 0.0844. The zero-order valence-electron chi connectivity index (χ0n) is 17.1. The van der Waals surface area contributed by atoms with E-state index in [0.29, 0.717) is 54.7 Å². The smallest absolute Gasteiger partial charge is 0.415 e. The number of anilines is 1. The van der Waals surface area contributed by atoms with Crippen LogP contribution in [0, 0.1) is 0 Å². The Morgan fingerprint density at radius 2 is 1.68 bits per heavy atom. The zero-order chi connectivity index (χ0) is 21.8. The molecule has 2 amide bonds. The number of nitrogens with one attached hydrogen (secondary N) is 1. The molecule has 9 heteroatoms. The van der Waals surface area contributed by atoms with Gasteiger partial charge in [-0.2, -0.15) is 0 Å². The number of carbonyl (C=O) groups excluding carboxylic acids is 3. The average molecular weight is 425 g/mol. The highest BCUT2D eigenvalue weighted by Crippen LogP contribution is 2.37. The van der Waals surface area contributed by atoms with E-state index in [4.69, 9.17) is 14.2 Å². The number of hydrogen-bond donors (Lipinski definition) is 1. The van der Waals surface area contributed by atoms with Gasteiger partial charge in [0, 0.05) is 37.8 Å². The van der Waals surface area contributed by atoms with E-state index in [-0.39, 0.29) is 25.0 Å². The van der Waals surface area contributed by atoms with Crippen LogP contribution in [-0.4, -0.2) is 67.1 Å². The molecule has 0 aromatic heterocycles. The van der Waals surface area contributed by atoms with Gasteiger partial charge < -0.3 is 24.4 Å². The number of Topliss-reactive ketones (excluding diaryl/α,β-unsaturated/α-hetero) is 1. The maximum absolute atomic E-state index is 12.6. The maximum atomic E-state index is 12.6. The molecule has 0 spiro atoms. The van der Waals surface area contributed by atoms with Gasteiger partial charge in [-0.15, -0.1) is 0 Å². The first-order valence-electron chi connectivity index (χ1n) is 9.98. The summed E-state index contributed by atoms with van der Waals surface area (Å²) in [4.78, 5) is 40.4. The van der Waals surface area contributed by atoms with Crippen molar-refractivity contribution in [2.45, 2.75) is 6.92 Å². The Morgan fingerprint density at radius 3 is 2.35 bits per heavy atom. The number of para-hydroxylation sites is 1. The van der Waals surface area contributed by atoms with E-state index in [1.165, 1.54) is 6.92 Å². The van der Waals surface area contributed by atoms with Crippen molar-refractivity contribution in [1.29, 1.82) is 0 Å². The lowest BCUT2D eigenvalue weighted by Gasteiger charge is -2.33. The van der Waals surface area contributed by atoms with Crippen LogP contribution in [0.15, 0.2) is 42.5 Å². The van der Waals surface area contributed by atoms with E-state index in [1.54, 1.807) is 41.3 Å². The van der Waals surface area contributed by atoms with Crippen LogP contribution in [0.2, 0.25) is 0 Å². The van der Waals surface area contributed by atoms with Crippen molar-refractivity contribution in [2.75, 3.05) is 44.8 Å². The molecule has 1 N–H and O–H groups in total. The summed E-state index contributed by atoms with van der Waals surface area (Å²) in [5.74, 6) is 1.05. The molecule has 2 aromatic carbocycles. The Bertz CT molecular complexity index is 986. The summed E-state index contributed by atoms with van der Waals surface area (Å²) in [6, 6.07) is 12.1. The predicted molar refractivity (Wildman–Crippen MR) is 112 cm³/mol. The number of amides is 2. The Kier molecular flexibility index (Phi) is 6.03. The monoisotopic (exact) mass is 425 g/mol. The van der Waals surface area contributed by atoms with Crippen molar-refractivity contribution in [2.24, 2.45) is 0 Å². The summed E-state index contributed by atoms with van der Waals surface area (Å²) in [7, 11) is 0. The summed E-state index contributed by atoms with van der Waals surface area (Å²) >= 11 is 0. The van der Waals surface area contributed by atoms with E-state index in [9.17, 15) is 14.4 Å². The van der Waals surface area contributed by atoms with Crippen molar-refractivity contribution >= 4 is 23.5 Å². The topological polar surface area (TPSA) is 97.4 Å². The van der Waals surface area contributed by atoms with Crippen LogP contribution in [0.3, 0.4) is 0 Å². The molecule has 31 heavy (non-hydrogen) atoms. The van der Waals surface area contributed by atoms with Crippen molar-refractivity contribution in [3.8, 4) is 17.2 Å². The average Bonchev–Trinajstić information content (AvgIpc) is 3.21. The largest absolute Gasteiger partial charge is 0.454 e. The van der Waals surface area contributed by atoms with Gasteiger partial charge in [0.2, 0.25) is 12.7 Å². The van der Waals surface area contributed by atoms with Crippen LogP contribution in [0.25, 0.3) is 0 Å². The van der Waals surface area contributed by atoms with Crippen LogP contribution in [0.1, 0.15) is 17.3 Å². The van der Waals surface area contributed by atoms with Gasteiger partial charge in [-0.3, -0.25) is 14.5 Å². The number of fused-ring (bicyclic) bond motifs is 1. The molecule has 0 atom stereocenters. The Labute approximate surface area is 179 Å². The van der Waals surface area contributed by atoms with Gasteiger partial charge >= 0.3 is 6.09 Å². The maximum Gasteiger partial charge on any atom is 0.415 e. The first kappa shape index (κ1) is 20.7. The summed E-state index contributed by atoms with van der Waals surface area (Å²) in [5.41, 5.74) is 0.762.